The van der Waals surface area contributed by atoms with Gasteiger partial charge in [-0.1, -0.05) is 0 Å². The lowest BCUT2D eigenvalue weighted by Crippen LogP contribution is -2.56. The number of esters is 1. The number of ether oxygens (including phenoxy) is 1. The standard InChI is InChI=1S/C13H18N2O3S/c1-7-8(2)19-10(9(7)11(16)18-3)15-12(17)13(14)5-4-6-13/h4-6,14H2,1-3H3,(H,15,17). The lowest BCUT2D eigenvalue weighted by atomic mass is 9.77. The number of hydrogen-bond donors (Lipinski definition) is 2. The van der Waals surface area contributed by atoms with Crippen LogP contribution in [0.5, 0.6) is 0 Å². The molecule has 6 heteroatoms. The van der Waals surface area contributed by atoms with Crippen molar-refractivity contribution in [1.82, 2.24) is 0 Å². The van der Waals surface area contributed by atoms with E-state index in [0.717, 1.165) is 16.9 Å². The van der Waals surface area contributed by atoms with Gasteiger partial charge in [-0.15, -0.1) is 11.3 Å². The van der Waals surface area contributed by atoms with Crippen LogP contribution in [0.2, 0.25) is 0 Å². The normalized spacial score (nSPS) is 16.6. The smallest absolute Gasteiger partial charge is 0.341 e. The molecule has 104 valence electrons. The average molecular weight is 282 g/mol. The Hall–Kier alpha value is -1.40. The summed E-state index contributed by atoms with van der Waals surface area (Å²) in [7, 11) is 1.33. The van der Waals surface area contributed by atoms with Gasteiger partial charge in [0, 0.05) is 4.88 Å². The van der Waals surface area contributed by atoms with Crippen LogP contribution in [0.3, 0.4) is 0 Å². The molecule has 1 aliphatic rings. The Bertz CT molecular complexity index is 532. The molecular formula is C13H18N2O3S. The molecule has 3 N–H and O–H groups in total. The monoisotopic (exact) mass is 282 g/mol. The number of thiophene rings is 1. The Morgan fingerprint density at radius 2 is 2.00 bits per heavy atom. The summed E-state index contributed by atoms with van der Waals surface area (Å²) in [5, 5.41) is 3.31. The van der Waals surface area contributed by atoms with E-state index in [0.29, 0.717) is 23.4 Å². The maximum atomic E-state index is 12.1. The van der Waals surface area contributed by atoms with Crippen molar-refractivity contribution in [1.29, 1.82) is 0 Å². The summed E-state index contributed by atoms with van der Waals surface area (Å²) in [5.41, 5.74) is 6.47. The third kappa shape index (κ3) is 2.37. The van der Waals surface area contributed by atoms with Crippen molar-refractivity contribution < 1.29 is 14.3 Å². The van der Waals surface area contributed by atoms with Crippen molar-refractivity contribution in [3.63, 3.8) is 0 Å². The van der Waals surface area contributed by atoms with Gasteiger partial charge in [-0.05, 0) is 38.7 Å². The fourth-order valence-electron chi connectivity index (χ4n) is 2.08. The van der Waals surface area contributed by atoms with Gasteiger partial charge in [0.1, 0.15) is 5.00 Å². The number of carbonyl (C=O) groups is 2. The minimum atomic E-state index is -0.779. The summed E-state index contributed by atoms with van der Waals surface area (Å²) in [6.45, 7) is 3.75. The second-order valence-corrected chi connectivity index (χ2v) is 6.17. The van der Waals surface area contributed by atoms with Crippen LogP contribution in [0.25, 0.3) is 0 Å². The number of amides is 1. The number of anilines is 1. The molecule has 0 aromatic carbocycles. The molecule has 1 heterocycles. The quantitative estimate of drug-likeness (QED) is 0.830. The fraction of sp³-hybridized carbons (Fsp3) is 0.538. The molecule has 0 unspecified atom stereocenters. The number of aryl methyl sites for hydroxylation is 1. The number of methoxy groups -OCH3 is 1. The van der Waals surface area contributed by atoms with Gasteiger partial charge in [0.15, 0.2) is 0 Å². The Morgan fingerprint density at radius 3 is 2.47 bits per heavy atom. The van der Waals surface area contributed by atoms with E-state index in [1.54, 1.807) is 0 Å². The molecule has 0 radical (unpaired) electrons. The second kappa shape index (κ2) is 4.94. The molecule has 0 saturated heterocycles. The zero-order chi connectivity index (χ0) is 14.2. The van der Waals surface area contributed by atoms with Crippen LogP contribution < -0.4 is 11.1 Å². The first kappa shape index (κ1) is 14.0. The molecule has 1 amide bonds. The minimum absolute atomic E-state index is 0.217. The van der Waals surface area contributed by atoms with Crippen LogP contribution in [0.15, 0.2) is 0 Å². The highest BCUT2D eigenvalue weighted by atomic mass is 32.1. The molecule has 19 heavy (non-hydrogen) atoms. The van der Waals surface area contributed by atoms with Crippen molar-refractivity contribution in [3.8, 4) is 0 Å². The van der Waals surface area contributed by atoms with E-state index >= 15 is 0 Å². The molecule has 1 aromatic rings. The zero-order valence-electron chi connectivity index (χ0n) is 11.3. The van der Waals surface area contributed by atoms with Gasteiger partial charge in [0.2, 0.25) is 5.91 Å². The largest absolute Gasteiger partial charge is 0.465 e. The van der Waals surface area contributed by atoms with Crippen LogP contribution in [0, 0.1) is 13.8 Å². The van der Waals surface area contributed by atoms with Gasteiger partial charge < -0.3 is 15.8 Å². The van der Waals surface area contributed by atoms with Gasteiger partial charge in [-0.25, -0.2) is 4.79 Å². The topological polar surface area (TPSA) is 81.4 Å². The molecule has 0 spiro atoms. The highest BCUT2D eigenvalue weighted by Gasteiger charge is 2.40. The van der Waals surface area contributed by atoms with E-state index in [9.17, 15) is 9.59 Å². The van der Waals surface area contributed by atoms with Crippen LogP contribution in [-0.4, -0.2) is 24.5 Å². The first-order valence-electron chi connectivity index (χ1n) is 6.17. The van der Waals surface area contributed by atoms with Crippen molar-refractivity contribution in [2.75, 3.05) is 12.4 Å². The van der Waals surface area contributed by atoms with Gasteiger partial charge >= 0.3 is 5.97 Å². The fourth-order valence-corrected chi connectivity index (χ4v) is 3.12. The molecule has 1 saturated carbocycles. The van der Waals surface area contributed by atoms with E-state index in [1.165, 1.54) is 18.4 Å². The lowest BCUT2D eigenvalue weighted by Gasteiger charge is -2.36. The van der Waals surface area contributed by atoms with E-state index in [2.05, 4.69) is 5.32 Å². The summed E-state index contributed by atoms with van der Waals surface area (Å²) >= 11 is 1.38. The van der Waals surface area contributed by atoms with Crippen LogP contribution in [0.4, 0.5) is 5.00 Å². The number of nitrogens with two attached hydrogens (primary N) is 1. The Morgan fingerprint density at radius 1 is 1.37 bits per heavy atom. The summed E-state index contributed by atoms with van der Waals surface area (Å²) in [5.74, 6) is -0.651. The maximum absolute atomic E-state index is 12.1. The Kier molecular flexibility index (Phi) is 3.64. The van der Waals surface area contributed by atoms with E-state index in [4.69, 9.17) is 10.5 Å². The maximum Gasteiger partial charge on any atom is 0.341 e. The molecule has 5 nitrogen and oxygen atoms in total. The summed E-state index contributed by atoms with van der Waals surface area (Å²) < 4.78 is 4.76. The Labute approximate surface area is 116 Å². The third-order valence-electron chi connectivity index (χ3n) is 3.70. The van der Waals surface area contributed by atoms with Crippen molar-refractivity contribution in [3.05, 3.63) is 16.0 Å². The molecule has 2 rings (SSSR count). The highest BCUT2D eigenvalue weighted by molar-refractivity contribution is 7.16. The number of carbonyl (C=O) groups excluding carboxylic acids is 2. The van der Waals surface area contributed by atoms with Crippen LogP contribution in [-0.2, 0) is 9.53 Å². The van der Waals surface area contributed by atoms with E-state index in [-0.39, 0.29) is 5.91 Å². The summed E-state index contributed by atoms with van der Waals surface area (Å²) in [6.07, 6.45) is 2.35. The molecule has 1 aromatic heterocycles. The van der Waals surface area contributed by atoms with Crippen molar-refractivity contribution in [2.45, 2.75) is 38.6 Å². The zero-order valence-corrected chi connectivity index (χ0v) is 12.1. The highest BCUT2D eigenvalue weighted by Crippen LogP contribution is 2.35. The average Bonchev–Trinajstić information content (AvgIpc) is 2.61. The molecule has 1 aliphatic carbocycles. The predicted molar refractivity (Wildman–Crippen MR) is 74.5 cm³/mol. The second-order valence-electron chi connectivity index (χ2n) is 4.94. The Balaban J connectivity index is 2.27. The number of rotatable bonds is 3. The molecule has 0 bridgehead atoms. The van der Waals surface area contributed by atoms with Gasteiger partial charge in [-0.2, -0.15) is 0 Å². The van der Waals surface area contributed by atoms with Crippen LogP contribution >= 0.6 is 11.3 Å². The van der Waals surface area contributed by atoms with E-state index < -0.39 is 11.5 Å². The predicted octanol–water partition coefficient (Wildman–Crippen LogP) is 1.97. The molecule has 0 atom stereocenters. The summed E-state index contributed by atoms with van der Waals surface area (Å²) in [6, 6.07) is 0. The summed E-state index contributed by atoms with van der Waals surface area (Å²) in [4.78, 5) is 24.9. The van der Waals surface area contributed by atoms with E-state index in [1.807, 2.05) is 13.8 Å². The third-order valence-corrected chi connectivity index (χ3v) is 4.82. The molecule has 1 fully saturated rings. The molecule has 0 aliphatic heterocycles. The number of hydrogen-bond acceptors (Lipinski definition) is 5. The molecular weight excluding hydrogens is 264 g/mol. The SMILES string of the molecule is COC(=O)c1c(NC(=O)C2(N)CCC2)sc(C)c1C. The van der Waals surface area contributed by atoms with Gasteiger partial charge in [0.25, 0.3) is 0 Å². The van der Waals surface area contributed by atoms with Gasteiger partial charge in [-0.3, -0.25) is 4.79 Å². The van der Waals surface area contributed by atoms with Crippen molar-refractivity contribution >= 4 is 28.2 Å². The minimum Gasteiger partial charge on any atom is -0.465 e. The first-order chi connectivity index (χ1) is 8.89. The van der Waals surface area contributed by atoms with Gasteiger partial charge in [0.05, 0.1) is 18.2 Å². The number of nitrogens with one attached hydrogen (secondary N) is 1. The van der Waals surface area contributed by atoms with Crippen LogP contribution in [0.1, 0.15) is 40.1 Å². The first-order valence-corrected chi connectivity index (χ1v) is 6.99. The lowest BCUT2D eigenvalue weighted by molar-refractivity contribution is -0.123. The van der Waals surface area contributed by atoms with Crippen molar-refractivity contribution in [2.24, 2.45) is 5.73 Å².